The summed E-state index contributed by atoms with van der Waals surface area (Å²) in [6.45, 7) is 10.9. The molecule has 0 bridgehead atoms. The van der Waals surface area contributed by atoms with E-state index < -0.39 is 0 Å². The monoisotopic (exact) mass is 252 g/mol. The topological polar surface area (TPSA) is 32.3 Å². The lowest BCUT2D eigenvalue weighted by Crippen LogP contribution is -2.52. The van der Waals surface area contributed by atoms with Gasteiger partial charge in [-0.3, -0.25) is 10.1 Å². The minimum Gasteiger partial charge on any atom is -0.320 e. The lowest BCUT2D eigenvalue weighted by molar-refractivity contribution is -0.136. The standard InChI is InChI=1S/C15H28N2O/c1-6-7-12-16-13(10(2)3)14(18)17(12)15(4,5)11-8-9-11/h10-13,16H,6-9H2,1-5H3. The van der Waals surface area contributed by atoms with Crippen LogP contribution in [0.4, 0.5) is 0 Å². The summed E-state index contributed by atoms with van der Waals surface area (Å²) in [7, 11) is 0. The molecule has 3 nitrogen and oxygen atoms in total. The summed E-state index contributed by atoms with van der Waals surface area (Å²) in [5.74, 6) is 1.39. The van der Waals surface area contributed by atoms with Gasteiger partial charge in [0.05, 0.1) is 12.2 Å². The van der Waals surface area contributed by atoms with Crippen LogP contribution in [0.15, 0.2) is 0 Å². The van der Waals surface area contributed by atoms with Crippen molar-refractivity contribution in [2.24, 2.45) is 11.8 Å². The molecule has 1 aliphatic carbocycles. The van der Waals surface area contributed by atoms with Crippen molar-refractivity contribution in [2.75, 3.05) is 0 Å². The maximum Gasteiger partial charge on any atom is 0.241 e. The molecular weight excluding hydrogens is 224 g/mol. The van der Waals surface area contributed by atoms with Gasteiger partial charge in [0.1, 0.15) is 0 Å². The van der Waals surface area contributed by atoms with Crippen molar-refractivity contribution < 1.29 is 4.79 Å². The van der Waals surface area contributed by atoms with Crippen LogP contribution < -0.4 is 5.32 Å². The maximum atomic E-state index is 12.7. The Hall–Kier alpha value is -0.570. The smallest absolute Gasteiger partial charge is 0.241 e. The molecule has 104 valence electrons. The predicted molar refractivity (Wildman–Crippen MR) is 74.1 cm³/mol. The van der Waals surface area contributed by atoms with Crippen molar-refractivity contribution >= 4 is 5.91 Å². The molecule has 1 heterocycles. The van der Waals surface area contributed by atoms with Crippen LogP contribution >= 0.6 is 0 Å². The molecule has 1 saturated heterocycles. The van der Waals surface area contributed by atoms with Crippen LogP contribution in [-0.4, -0.2) is 28.6 Å². The minimum absolute atomic E-state index is 0.0135. The van der Waals surface area contributed by atoms with E-state index in [2.05, 4.69) is 44.8 Å². The molecule has 2 atom stereocenters. The molecule has 2 rings (SSSR count). The average Bonchev–Trinajstić information content (AvgIpc) is 3.05. The number of amides is 1. The summed E-state index contributed by atoms with van der Waals surface area (Å²) < 4.78 is 0. The highest BCUT2D eigenvalue weighted by Gasteiger charge is 2.51. The number of carbonyl (C=O) groups is 1. The Kier molecular flexibility index (Phi) is 3.72. The zero-order valence-corrected chi connectivity index (χ0v) is 12.5. The Morgan fingerprint density at radius 3 is 2.44 bits per heavy atom. The number of nitrogens with zero attached hydrogens (tertiary/aromatic N) is 1. The lowest BCUT2D eigenvalue weighted by atomic mass is 9.94. The third-order valence-corrected chi connectivity index (χ3v) is 4.61. The molecule has 0 aromatic carbocycles. The minimum atomic E-state index is 0.0135. The molecule has 2 unspecified atom stereocenters. The van der Waals surface area contributed by atoms with Crippen LogP contribution in [0.1, 0.15) is 60.3 Å². The van der Waals surface area contributed by atoms with Crippen LogP contribution in [0.25, 0.3) is 0 Å². The second-order valence-corrected chi connectivity index (χ2v) is 6.83. The predicted octanol–water partition coefficient (Wildman–Crippen LogP) is 2.76. The molecule has 0 spiro atoms. The van der Waals surface area contributed by atoms with Crippen LogP contribution in [0.2, 0.25) is 0 Å². The van der Waals surface area contributed by atoms with E-state index in [-0.39, 0.29) is 17.7 Å². The molecule has 0 aromatic rings. The normalized spacial score (nSPS) is 29.4. The van der Waals surface area contributed by atoms with Crippen molar-refractivity contribution in [3.8, 4) is 0 Å². The Morgan fingerprint density at radius 1 is 1.39 bits per heavy atom. The highest BCUT2D eigenvalue weighted by molar-refractivity contribution is 5.85. The van der Waals surface area contributed by atoms with Crippen molar-refractivity contribution in [3.05, 3.63) is 0 Å². The molecule has 1 N–H and O–H groups in total. The summed E-state index contributed by atoms with van der Waals surface area (Å²) in [4.78, 5) is 14.8. The molecule has 1 saturated carbocycles. The van der Waals surface area contributed by atoms with Crippen molar-refractivity contribution in [1.29, 1.82) is 0 Å². The average molecular weight is 252 g/mol. The van der Waals surface area contributed by atoms with Crippen LogP contribution in [0.5, 0.6) is 0 Å². The van der Waals surface area contributed by atoms with Crippen molar-refractivity contribution in [2.45, 2.75) is 78.0 Å². The number of nitrogens with one attached hydrogen (secondary N) is 1. The van der Waals surface area contributed by atoms with Gasteiger partial charge in [-0.15, -0.1) is 0 Å². The van der Waals surface area contributed by atoms with Gasteiger partial charge in [0, 0.05) is 5.54 Å². The quantitative estimate of drug-likeness (QED) is 0.816. The number of carbonyl (C=O) groups excluding carboxylic acids is 1. The Balaban J connectivity index is 2.21. The van der Waals surface area contributed by atoms with Gasteiger partial charge in [-0.2, -0.15) is 0 Å². The molecule has 3 heteroatoms. The molecule has 0 aromatic heterocycles. The van der Waals surface area contributed by atoms with E-state index >= 15 is 0 Å². The van der Waals surface area contributed by atoms with Gasteiger partial charge in [0.2, 0.25) is 5.91 Å². The van der Waals surface area contributed by atoms with E-state index in [0.29, 0.717) is 17.7 Å². The maximum absolute atomic E-state index is 12.7. The van der Waals surface area contributed by atoms with Gasteiger partial charge in [0.15, 0.2) is 0 Å². The van der Waals surface area contributed by atoms with Gasteiger partial charge in [-0.25, -0.2) is 0 Å². The first-order valence-electron chi connectivity index (χ1n) is 7.48. The zero-order chi connectivity index (χ0) is 13.5. The van der Waals surface area contributed by atoms with E-state index in [1.54, 1.807) is 0 Å². The largest absolute Gasteiger partial charge is 0.320 e. The third kappa shape index (κ3) is 2.29. The fourth-order valence-corrected chi connectivity index (χ4v) is 3.29. The highest BCUT2D eigenvalue weighted by Crippen LogP contribution is 2.45. The molecule has 2 fully saturated rings. The Bertz CT molecular complexity index is 320. The Labute approximate surface area is 111 Å². The van der Waals surface area contributed by atoms with Crippen molar-refractivity contribution in [3.63, 3.8) is 0 Å². The summed E-state index contributed by atoms with van der Waals surface area (Å²) >= 11 is 0. The fraction of sp³-hybridized carbons (Fsp3) is 0.933. The zero-order valence-electron chi connectivity index (χ0n) is 12.5. The summed E-state index contributed by atoms with van der Waals surface area (Å²) in [6, 6.07) is 0.0135. The molecule has 18 heavy (non-hydrogen) atoms. The second kappa shape index (κ2) is 4.84. The summed E-state index contributed by atoms with van der Waals surface area (Å²) in [5, 5.41) is 3.56. The van der Waals surface area contributed by atoms with E-state index in [1.807, 2.05) is 0 Å². The molecule has 1 aliphatic heterocycles. The molecule has 2 aliphatic rings. The van der Waals surface area contributed by atoms with E-state index in [9.17, 15) is 4.79 Å². The summed E-state index contributed by atoms with van der Waals surface area (Å²) in [6.07, 6.45) is 4.98. The highest BCUT2D eigenvalue weighted by atomic mass is 16.2. The number of hydrogen-bond acceptors (Lipinski definition) is 2. The summed E-state index contributed by atoms with van der Waals surface area (Å²) in [5.41, 5.74) is 0.0214. The Morgan fingerprint density at radius 2 is 2.00 bits per heavy atom. The second-order valence-electron chi connectivity index (χ2n) is 6.83. The lowest BCUT2D eigenvalue weighted by Gasteiger charge is -2.40. The van der Waals surface area contributed by atoms with Gasteiger partial charge in [0.25, 0.3) is 0 Å². The SMILES string of the molecule is CCCC1NC(C(C)C)C(=O)N1C(C)(C)C1CC1. The van der Waals surface area contributed by atoms with Gasteiger partial charge in [-0.05, 0) is 44.9 Å². The van der Waals surface area contributed by atoms with E-state index in [1.165, 1.54) is 12.8 Å². The first kappa shape index (κ1) is 13.9. The van der Waals surface area contributed by atoms with Crippen LogP contribution in [0, 0.1) is 11.8 Å². The molecule has 1 amide bonds. The van der Waals surface area contributed by atoms with Crippen LogP contribution in [0.3, 0.4) is 0 Å². The molecule has 0 radical (unpaired) electrons. The third-order valence-electron chi connectivity index (χ3n) is 4.61. The number of hydrogen-bond donors (Lipinski definition) is 1. The molecular formula is C15H28N2O. The first-order valence-corrected chi connectivity index (χ1v) is 7.48. The first-order chi connectivity index (χ1) is 8.39. The van der Waals surface area contributed by atoms with Crippen molar-refractivity contribution in [1.82, 2.24) is 10.2 Å². The van der Waals surface area contributed by atoms with Gasteiger partial charge < -0.3 is 4.90 Å². The fourth-order valence-electron chi connectivity index (χ4n) is 3.29. The van der Waals surface area contributed by atoms with Crippen LogP contribution in [-0.2, 0) is 4.79 Å². The van der Waals surface area contributed by atoms with E-state index in [4.69, 9.17) is 0 Å². The van der Waals surface area contributed by atoms with E-state index in [0.717, 1.165) is 12.8 Å². The number of rotatable bonds is 5. The van der Waals surface area contributed by atoms with Gasteiger partial charge in [-0.1, -0.05) is 27.2 Å². The van der Waals surface area contributed by atoms with Gasteiger partial charge >= 0.3 is 0 Å².